The van der Waals surface area contributed by atoms with Crippen LogP contribution < -0.4 is 10.6 Å². The predicted molar refractivity (Wildman–Crippen MR) is 85.4 cm³/mol. The Morgan fingerprint density at radius 1 is 1.10 bits per heavy atom. The minimum Gasteiger partial charge on any atom is -0.312 e. The molecule has 2 N–H and O–H groups in total. The number of hydrogen-bond acceptors (Lipinski definition) is 4. The lowest BCUT2D eigenvalue weighted by Crippen LogP contribution is -2.37. The van der Waals surface area contributed by atoms with E-state index in [-0.39, 0.29) is 5.54 Å². The molecular weight excluding hydrogens is 262 g/mol. The maximum atomic E-state index is 4.46. The van der Waals surface area contributed by atoms with Crippen molar-refractivity contribution in [3.8, 4) is 5.69 Å². The van der Waals surface area contributed by atoms with E-state index in [4.69, 9.17) is 0 Å². The minimum absolute atomic E-state index is 0.193. The van der Waals surface area contributed by atoms with Crippen LogP contribution in [0.15, 0.2) is 36.5 Å². The van der Waals surface area contributed by atoms with Gasteiger partial charge >= 0.3 is 0 Å². The lowest BCUT2D eigenvalue weighted by Gasteiger charge is -2.20. The van der Waals surface area contributed by atoms with E-state index < -0.39 is 0 Å². The lowest BCUT2D eigenvalue weighted by atomic mass is 10.1. The van der Waals surface area contributed by atoms with Crippen molar-refractivity contribution in [2.45, 2.75) is 39.3 Å². The Morgan fingerprint density at radius 2 is 1.86 bits per heavy atom. The van der Waals surface area contributed by atoms with Crippen LogP contribution >= 0.6 is 0 Å². The van der Waals surface area contributed by atoms with Gasteiger partial charge in [0.05, 0.1) is 17.6 Å². The van der Waals surface area contributed by atoms with Crippen molar-refractivity contribution in [2.24, 2.45) is 0 Å². The van der Waals surface area contributed by atoms with Gasteiger partial charge in [-0.25, -0.2) is 0 Å². The first-order chi connectivity index (χ1) is 10.0. The molecule has 1 aromatic heterocycles. The number of aromatic nitrogens is 3. The molecule has 0 amide bonds. The zero-order valence-electron chi connectivity index (χ0n) is 13.1. The van der Waals surface area contributed by atoms with Crippen LogP contribution in [0.4, 0.5) is 0 Å². The smallest absolute Gasteiger partial charge is 0.0969 e. The second-order valence-corrected chi connectivity index (χ2v) is 6.17. The SMILES string of the molecule is CC(C)(C)NCCCNCc1cnn(-c2ccccc2)n1. The number of para-hydroxylation sites is 1. The van der Waals surface area contributed by atoms with Crippen LogP contribution in [0.1, 0.15) is 32.9 Å². The van der Waals surface area contributed by atoms with Crippen LogP contribution in [-0.2, 0) is 6.54 Å². The zero-order valence-corrected chi connectivity index (χ0v) is 13.1. The van der Waals surface area contributed by atoms with E-state index in [1.54, 1.807) is 4.80 Å². The van der Waals surface area contributed by atoms with Crippen molar-refractivity contribution >= 4 is 0 Å². The second-order valence-electron chi connectivity index (χ2n) is 6.17. The highest BCUT2D eigenvalue weighted by Crippen LogP contribution is 2.04. The van der Waals surface area contributed by atoms with Crippen molar-refractivity contribution in [3.63, 3.8) is 0 Å². The summed E-state index contributed by atoms with van der Waals surface area (Å²) in [6.07, 6.45) is 2.91. The van der Waals surface area contributed by atoms with Crippen LogP contribution in [-0.4, -0.2) is 33.6 Å². The topological polar surface area (TPSA) is 54.8 Å². The van der Waals surface area contributed by atoms with Crippen molar-refractivity contribution in [1.82, 2.24) is 25.6 Å². The fourth-order valence-corrected chi connectivity index (χ4v) is 1.95. The Morgan fingerprint density at radius 3 is 2.57 bits per heavy atom. The Kier molecular flexibility index (Phi) is 5.47. The monoisotopic (exact) mass is 287 g/mol. The third kappa shape index (κ3) is 5.65. The van der Waals surface area contributed by atoms with E-state index in [2.05, 4.69) is 41.6 Å². The summed E-state index contributed by atoms with van der Waals surface area (Å²) in [5.41, 5.74) is 2.14. The molecule has 5 nitrogen and oxygen atoms in total. The third-order valence-electron chi connectivity index (χ3n) is 3.02. The summed E-state index contributed by atoms with van der Waals surface area (Å²) < 4.78 is 0. The van der Waals surface area contributed by atoms with Gasteiger partial charge in [-0.3, -0.25) is 0 Å². The van der Waals surface area contributed by atoms with Gasteiger partial charge in [0.1, 0.15) is 0 Å². The summed E-state index contributed by atoms with van der Waals surface area (Å²) in [7, 11) is 0. The first kappa shape index (κ1) is 15.7. The van der Waals surface area contributed by atoms with Gasteiger partial charge in [-0.15, -0.1) is 0 Å². The van der Waals surface area contributed by atoms with Gasteiger partial charge < -0.3 is 10.6 Å². The molecule has 0 fully saturated rings. The van der Waals surface area contributed by atoms with Crippen LogP contribution in [0, 0.1) is 0 Å². The van der Waals surface area contributed by atoms with E-state index in [1.807, 2.05) is 36.5 Å². The summed E-state index contributed by atoms with van der Waals surface area (Å²) in [5.74, 6) is 0. The number of benzene rings is 1. The van der Waals surface area contributed by atoms with Gasteiger partial charge in [0.2, 0.25) is 0 Å². The average molecular weight is 287 g/mol. The second kappa shape index (κ2) is 7.33. The quantitative estimate of drug-likeness (QED) is 0.766. The molecule has 0 bridgehead atoms. The minimum atomic E-state index is 0.193. The summed E-state index contributed by atoms with van der Waals surface area (Å²) in [6.45, 7) is 9.30. The molecule has 114 valence electrons. The van der Waals surface area contributed by atoms with Gasteiger partial charge in [-0.2, -0.15) is 15.0 Å². The van der Waals surface area contributed by atoms with Crippen LogP contribution in [0.3, 0.4) is 0 Å². The van der Waals surface area contributed by atoms with Gasteiger partial charge in [-0.05, 0) is 52.4 Å². The van der Waals surface area contributed by atoms with Crippen LogP contribution in [0.25, 0.3) is 5.69 Å². The predicted octanol–water partition coefficient (Wildman–Crippen LogP) is 2.14. The molecule has 0 radical (unpaired) electrons. The number of rotatable bonds is 7. The molecule has 0 atom stereocenters. The van der Waals surface area contributed by atoms with Crippen LogP contribution in [0.2, 0.25) is 0 Å². The molecule has 1 heterocycles. The number of hydrogen-bond donors (Lipinski definition) is 2. The lowest BCUT2D eigenvalue weighted by molar-refractivity contribution is 0.418. The molecule has 0 spiro atoms. The maximum absolute atomic E-state index is 4.46. The van der Waals surface area contributed by atoms with Gasteiger partial charge in [0, 0.05) is 12.1 Å². The van der Waals surface area contributed by atoms with E-state index in [1.165, 1.54) is 0 Å². The number of nitrogens with zero attached hydrogens (tertiary/aromatic N) is 3. The normalized spacial score (nSPS) is 11.8. The molecule has 1 aromatic carbocycles. The highest BCUT2D eigenvalue weighted by Gasteiger charge is 2.07. The molecule has 0 saturated carbocycles. The Bertz CT molecular complexity index is 527. The molecule has 0 aliphatic heterocycles. The summed E-state index contributed by atoms with van der Waals surface area (Å²) in [6, 6.07) is 9.95. The Hall–Kier alpha value is -1.72. The molecule has 2 aromatic rings. The molecule has 0 unspecified atom stereocenters. The summed E-state index contributed by atoms with van der Waals surface area (Å²) in [4.78, 5) is 1.66. The van der Waals surface area contributed by atoms with E-state index in [0.29, 0.717) is 0 Å². The highest BCUT2D eigenvalue weighted by atomic mass is 15.5. The fourth-order valence-electron chi connectivity index (χ4n) is 1.95. The Balaban J connectivity index is 1.69. The van der Waals surface area contributed by atoms with Crippen molar-refractivity contribution in [3.05, 3.63) is 42.2 Å². The van der Waals surface area contributed by atoms with Crippen LogP contribution in [0.5, 0.6) is 0 Å². The molecule has 21 heavy (non-hydrogen) atoms. The average Bonchev–Trinajstić information content (AvgIpc) is 2.91. The van der Waals surface area contributed by atoms with E-state index in [0.717, 1.165) is 37.4 Å². The number of nitrogens with one attached hydrogen (secondary N) is 2. The standard InChI is InChI=1S/C16H25N5/c1-16(2,3)18-11-7-10-17-12-14-13-19-21(20-14)15-8-5-4-6-9-15/h4-6,8-9,13,17-18H,7,10-12H2,1-3H3. The Labute approximate surface area is 126 Å². The molecule has 2 rings (SSSR count). The van der Waals surface area contributed by atoms with E-state index in [9.17, 15) is 0 Å². The van der Waals surface area contributed by atoms with Gasteiger partial charge in [0.25, 0.3) is 0 Å². The molecule has 0 saturated heterocycles. The van der Waals surface area contributed by atoms with Crippen molar-refractivity contribution in [1.29, 1.82) is 0 Å². The maximum Gasteiger partial charge on any atom is 0.0969 e. The van der Waals surface area contributed by atoms with Gasteiger partial charge in [-0.1, -0.05) is 18.2 Å². The highest BCUT2D eigenvalue weighted by molar-refractivity contribution is 5.28. The molecule has 5 heteroatoms. The van der Waals surface area contributed by atoms with E-state index >= 15 is 0 Å². The molecule has 0 aliphatic rings. The summed E-state index contributed by atoms with van der Waals surface area (Å²) >= 11 is 0. The fraction of sp³-hybridized carbons (Fsp3) is 0.500. The third-order valence-corrected chi connectivity index (χ3v) is 3.02. The largest absolute Gasteiger partial charge is 0.312 e. The first-order valence-corrected chi connectivity index (χ1v) is 7.47. The van der Waals surface area contributed by atoms with Crippen molar-refractivity contribution in [2.75, 3.05) is 13.1 Å². The molecular formula is C16H25N5. The summed E-state index contributed by atoms with van der Waals surface area (Å²) in [5, 5.41) is 15.6. The molecule has 0 aliphatic carbocycles. The first-order valence-electron chi connectivity index (χ1n) is 7.47. The van der Waals surface area contributed by atoms with Gasteiger partial charge in [0.15, 0.2) is 0 Å². The zero-order chi connectivity index (χ0) is 15.1. The van der Waals surface area contributed by atoms with Crippen molar-refractivity contribution < 1.29 is 0 Å².